The van der Waals surface area contributed by atoms with Crippen molar-refractivity contribution in [1.29, 1.82) is 0 Å². The maximum Gasteiger partial charge on any atom is 0.209 e. The topological polar surface area (TPSA) is 18.5 Å². The van der Waals surface area contributed by atoms with Crippen LogP contribution in [0.15, 0.2) is 24.3 Å². The zero-order valence-corrected chi connectivity index (χ0v) is 15.9. The molecule has 0 N–H and O–H groups in total. The van der Waals surface area contributed by atoms with Crippen molar-refractivity contribution in [3.05, 3.63) is 29.8 Å². The van der Waals surface area contributed by atoms with Crippen molar-refractivity contribution in [1.82, 2.24) is 0 Å². The minimum atomic E-state index is -0.208. The first-order valence-electron chi connectivity index (χ1n) is 9.19. The van der Waals surface area contributed by atoms with Gasteiger partial charge in [-0.3, -0.25) is 4.18 Å². The van der Waals surface area contributed by atoms with E-state index in [2.05, 4.69) is 45.0 Å². The van der Waals surface area contributed by atoms with Gasteiger partial charge in [-0.15, -0.1) is 0 Å². The molecule has 3 heteroatoms. The molecule has 0 aromatic heterocycles. The molecule has 0 aliphatic heterocycles. The highest BCUT2D eigenvalue weighted by Gasteiger charge is 2.17. The molecule has 1 aromatic rings. The number of ether oxygens (including phenoxy) is 1. The third-order valence-corrected chi connectivity index (χ3v) is 5.86. The highest BCUT2D eigenvalue weighted by atomic mass is 32.2. The highest BCUT2D eigenvalue weighted by molar-refractivity contribution is 7.95. The molecular weight excluding hydrogens is 304 g/mol. The molecule has 2 nitrogen and oxygen atoms in total. The molecule has 1 fully saturated rings. The smallest absolute Gasteiger partial charge is 0.209 e. The summed E-state index contributed by atoms with van der Waals surface area (Å²) in [5.74, 6) is 2.18. The van der Waals surface area contributed by atoms with Gasteiger partial charge in [-0.1, -0.05) is 52.2 Å². The predicted octanol–water partition coefficient (Wildman–Crippen LogP) is 6.56. The molecule has 1 aromatic carbocycles. The average molecular weight is 337 g/mol. The second-order valence-corrected chi connectivity index (χ2v) is 8.02. The van der Waals surface area contributed by atoms with Crippen molar-refractivity contribution in [2.45, 2.75) is 83.7 Å². The van der Waals surface area contributed by atoms with Gasteiger partial charge in [0.25, 0.3) is 0 Å². The number of benzene rings is 1. The maximum atomic E-state index is 5.89. The van der Waals surface area contributed by atoms with E-state index in [1.807, 2.05) is 6.92 Å². The quantitative estimate of drug-likeness (QED) is 0.395. The van der Waals surface area contributed by atoms with Gasteiger partial charge in [-0.25, -0.2) is 0 Å². The largest absolute Gasteiger partial charge is 0.464 e. The molecule has 130 valence electrons. The predicted molar refractivity (Wildman–Crippen MR) is 100.0 cm³/mol. The Morgan fingerprint density at radius 3 is 2.26 bits per heavy atom. The highest BCUT2D eigenvalue weighted by Crippen LogP contribution is 2.31. The Morgan fingerprint density at radius 1 is 1.04 bits per heavy atom. The van der Waals surface area contributed by atoms with E-state index < -0.39 is 0 Å². The number of hydrogen-bond donors (Lipinski definition) is 0. The van der Waals surface area contributed by atoms with E-state index in [9.17, 15) is 0 Å². The molecule has 0 radical (unpaired) electrons. The molecular formula is C20H32O2S. The Morgan fingerprint density at radius 2 is 1.70 bits per heavy atom. The summed E-state index contributed by atoms with van der Waals surface area (Å²) in [6, 6.07) is 8.55. The fourth-order valence-electron chi connectivity index (χ4n) is 3.42. The van der Waals surface area contributed by atoms with Crippen LogP contribution < -0.4 is 4.74 Å². The van der Waals surface area contributed by atoms with Crippen molar-refractivity contribution in [3.63, 3.8) is 0 Å². The monoisotopic (exact) mass is 336 g/mol. The summed E-state index contributed by atoms with van der Waals surface area (Å²) in [7, 11) is 0. The number of rotatable bonds is 8. The Hall–Kier alpha value is -0.670. The van der Waals surface area contributed by atoms with Gasteiger partial charge in [0.05, 0.1) is 0 Å². The van der Waals surface area contributed by atoms with Crippen molar-refractivity contribution < 1.29 is 8.92 Å². The fourth-order valence-corrected chi connectivity index (χ4v) is 4.29. The van der Waals surface area contributed by atoms with Crippen LogP contribution in [0.5, 0.6) is 5.75 Å². The van der Waals surface area contributed by atoms with Gasteiger partial charge in [0.1, 0.15) is 5.75 Å². The second-order valence-electron chi connectivity index (χ2n) is 6.97. The summed E-state index contributed by atoms with van der Waals surface area (Å²) in [6.45, 7) is 8.81. The van der Waals surface area contributed by atoms with E-state index in [4.69, 9.17) is 8.92 Å². The molecule has 0 bridgehead atoms. The minimum absolute atomic E-state index is 0.208. The summed E-state index contributed by atoms with van der Waals surface area (Å²) in [6.07, 6.45) is 7.58. The van der Waals surface area contributed by atoms with Crippen LogP contribution in [0, 0.1) is 5.92 Å². The Labute approximate surface area is 146 Å². The van der Waals surface area contributed by atoms with Crippen LogP contribution in [-0.4, -0.2) is 11.5 Å². The first kappa shape index (κ1) is 18.7. The Kier molecular flexibility index (Phi) is 7.78. The Bertz CT molecular complexity index is 437. The van der Waals surface area contributed by atoms with Crippen molar-refractivity contribution >= 4 is 12.0 Å². The second kappa shape index (κ2) is 9.58. The van der Waals surface area contributed by atoms with E-state index in [0.717, 1.165) is 5.75 Å². The SMILES string of the molecule is CCC(c1ccc(OC(C)OSC2CCCCC2)cc1)C(C)C. The molecule has 1 saturated carbocycles. The lowest BCUT2D eigenvalue weighted by Gasteiger charge is -2.23. The van der Waals surface area contributed by atoms with Crippen LogP contribution >= 0.6 is 12.0 Å². The van der Waals surface area contributed by atoms with E-state index >= 15 is 0 Å². The third-order valence-electron chi connectivity index (χ3n) is 4.73. The summed E-state index contributed by atoms with van der Waals surface area (Å²) in [5.41, 5.74) is 1.40. The van der Waals surface area contributed by atoms with Crippen LogP contribution in [0.1, 0.15) is 77.7 Å². The zero-order chi connectivity index (χ0) is 16.7. The molecule has 2 unspecified atom stereocenters. The minimum Gasteiger partial charge on any atom is -0.464 e. The summed E-state index contributed by atoms with van der Waals surface area (Å²) < 4.78 is 11.7. The third kappa shape index (κ3) is 6.04. The molecule has 0 saturated heterocycles. The van der Waals surface area contributed by atoms with Crippen molar-refractivity contribution in [2.75, 3.05) is 0 Å². The molecule has 2 rings (SSSR count). The van der Waals surface area contributed by atoms with Crippen LogP contribution in [0.3, 0.4) is 0 Å². The van der Waals surface area contributed by atoms with Gasteiger partial charge in [0.2, 0.25) is 6.29 Å². The summed E-state index contributed by atoms with van der Waals surface area (Å²) in [4.78, 5) is 0. The summed E-state index contributed by atoms with van der Waals surface area (Å²) >= 11 is 1.62. The van der Waals surface area contributed by atoms with Gasteiger partial charge in [0, 0.05) is 5.25 Å². The van der Waals surface area contributed by atoms with E-state index in [0.29, 0.717) is 17.1 Å². The molecule has 23 heavy (non-hydrogen) atoms. The van der Waals surface area contributed by atoms with Gasteiger partial charge < -0.3 is 4.74 Å². The van der Waals surface area contributed by atoms with E-state index in [-0.39, 0.29) is 6.29 Å². The van der Waals surface area contributed by atoms with Crippen LogP contribution in [0.4, 0.5) is 0 Å². The summed E-state index contributed by atoms with van der Waals surface area (Å²) in [5, 5.41) is 0.647. The van der Waals surface area contributed by atoms with Gasteiger partial charge >= 0.3 is 0 Å². The average Bonchev–Trinajstić information content (AvgIpc) is 2.56. The lowest BCUT2D eigenvalue weighted by Crippen LogP contribution is -2.16. The molecule has 2 atom stereocenters. The van der Waals surface area contributed by atoms with Crippen molar-refractivity contribution in [3.8, 4) is 5.75 Å². The maximum absolute atomic E-state index is 5.89. The normalized spacial score (nSPS) is 18.8. The van der Waals surface area contributed by atoms with Gasteiger partial charge in [-0.05, 0) is 67.8 Å². The lowest BCUT2D eigenvalue weighted by molar-refractivity contribution is 0.0394. The van der Waals surface area contributed by atoms with E-state index in [1.54, 1.807) is 12.0 Å². The molecule has 1 aliphatic rings. The lowest BCUT2D eigenvalue weighted by atomic mass is 9.86. The Balaban J connectivity index is 1.80. The van der Waals surface area contributed by atoms with Crippen LogP contribution in [0.25, 0.3) is 0 Å². The van der Waals surface area contributed by atoms with E-state index in [1.165, 1.54) is 44.1 Å². The van der Waals surface area contributed by atoms with Gasteiger partial charge in [0.15, 0.2) is 0 Å². The fraction of sp³-hybridized carbons (Fsp3) is 0.700. The van der Waals surface area contributed by atoms with Gasteiger partial charge in [-0.2, -0.15) is 0 Å². The molecule has 0 spiro atoms. The van der Waals surface area contributed by atoms with Crippen LogP contribution in [-0.2, 0) is 4.18 Å². The first-order valence-corrected chi connectivity index (χ1v) is 9.99. The van der Waals surface area contributed by atoms with Crippen LogP contribution in [0.2, 0.25) is 0 Å². The molecule has 0 heterocycles. The standard InChI is InChI=1S/C20H32O2S/c1-5-20(15(2)3)17-11-13-18(14-12-17)21-16(4)22-23-19-9-7-6-8-10-19/h11-16,19-20H,5-10H2,1-4H3. The van der Waals surface area contributed by atoms with Crippen molar-refractivity contribution in [2.24, 2.45) is 5.92 Å². The molecule has 1 aliphatic carbocycles. The first-order chi connectivity index (χ1) is 11.1. The number of hydrogen-bond acceptors (Lipinski definition) is 3. The zero-order valence-electron chi connectivity index (χ0n) is 15.1. The molecule has 0 amide bonds.